The second kappa shape index (κ2) is 7.37. The third-order valence-electron chi connectivity index (χ3n) is 3.01. The first-order valence-electron chi connectivity index (χ1n) is 6.61. The van der Waals surface area contributed by atoms with E-state index in [9.17, 15) is 22.4 Å². The monoisotopic (exact) mass is 367 g/mol. The van der Waals surface area contributed by atoms with Gasteiger partial charge in [-0.15, -0.1) is 3.89 Å². The van der Waals surface area contributed by atoms with Gasteiger partial charge in [-0.1, -0.05) is 54.1 Å². The van der Waals surface area contributed by atoms with E-state index in [1.165, 1.54) is 18.2 Å². The molecule has 0 heterocycles. The highest BCUT2D eigenvalue weighted by Crippen LogP contribution is 2.23. The first-order valence-corrected chi connectivity index (χ1v) is 8.37. The van der Waals surface area contributed by atoms with Gasteiger partial charge in [-0.2, -0.15) is 8.42 Å². The fourth-order valence-electron chi connectivity index (χ4n) is 1.86. The van der Waals surface area contributed by atoms with Gasteiger partial charge in [0.25, 0.3) is 5.69 Å². The third-order valence-corrected chi connectivity index (χ3v) is 4.15. The number of non-ortho nitro benzene ring substituents is 1. The predicted octanol–water partition coefficient (Wildman–Crippen LogP) is 4.63. The lowest BCUT2D eigenvalue weighted by Crippen LogP contribution is -1.91. The van der Waals surface area contributed by atoms with E-state index >= 15 is 0 Å². The van der Waals surface area contributed by atoms with Crippen LogP contribution in [0, 0.1) is 10.1 Å². The molecule has 5 nitrogen and oxygen atoms in total. The van der Waals surface area contributed by atoms with Gasteiger partial charge in [-0.3, -0.25) is 10.1 Å². The number of rotatable bonds is 5. The van der Waals surface area contributed by atoms with Crippen LogP contribution in [0.15, 0.2) is 59.5 Å². The summed E-state index contributed by atoms with van der Waals surface area (Å²) in [5.74, 6) is 0. The summed E-state index contributed by atoms with van der Waals surface area (Å²) in [7, 11) is -4.79. The quantitative estimate of drug-likeness (QED) is 0.334. The maximum atomic E-state index is 12.9. The average molecular weight is 368 g/mol. The van der Waals surface area contributed by atoms with Gasteiger partial charge in [0, 0.05) is 17.2 Å². The molecule has 8 heteroatoms. The lowest BCUT2D eigenvalue weighted by atomic mass is 10.1. The molecule has 0 fully saturated rings. The average Bonchev–Trinajstić information content (AvgIpc) is 2.52. The van der Waals surface area contributed by atoms with Gasteiger partial charge < -0.3 is 0 Å². The number of halogens is 2. The zero-order valence-electron chi connectivity index (χ0n) is 12.1. The van der Waals surface area contributed by atoms with Gasteiger partial charge in [0.15, 0.2) is 0 Å². The summed E-state index contributed by atoms with van der Waals surface area (Å²) in [6, 6.07) is 9.64. The Balaban J connectivity index is 2.14. The molecule has 0 spiro atoms. The fourth-order valence-corrected chi connectivity index (χ4v) is 2.66. The summed E-state index contributed by atoms with van der Waals surface area (Å²) in [6.07, 6.45) is 6.54. The van der Waals surface area contributed by atoms with Gasteiger partial charge in [-0.25, -0.2) is 0 Å². The van der Waals surface area contributed by atoms with E-state index in [2.05, 4.69) is 0 Å². The molecule has 0 aliphatic rings. The second-order valence-corrected chi connectivity index (χ2v) is 6.45. The van der Waals surface area contributed by atoms with Crippen molar-refractivity contribution in [2.45, 2.75) is 4.90 Å². The molecule has 0 aromatic heterocycles. The second-order valence-electron chi connectivity index (χ2n) is 4.69. The number of benzene rings is 2. The summed E-state index contributed by atoms with van der Waals surface area (Å²) in [4.78, 5) is 9.71. The van der Waals surface area contributed by atoms with E-state index in [1.807, 2.05) is 0 Å². The van der Waals surface area contributed by atoms with Crippen LogP contribution < -0.4 is 0 Å². The van der Waals surface area contributed by atoms with Crippen molar-refractivity contribution < 1.29 is 17.2 Å². The maximum Gasteiger partial charge on any atom is 0.332 e. The van der Waals surface area contributed by atoms with Crippen molar-refractivity contribution in [3.63, 3.8) is 0 Å². The van der Waals surface area contributed by atoms with Crippen LogP contribution >= 0.6 is 11.6 Å². The molecule has 0 aliphatic carbocycles. The van der Waals surface area contributed by atoms with Crippen molar-refractivity contribution in [1.29, 1.82) is 0 Å². The minimum absolute atomic E-state index is 0.00723. The Bertz CT molecular complexity index is 939. The minimum Gasteiger partial charge on any atom is -0.258 e. The Morgan fingerprint density at radius 2 is 1.79 bits per heavy atom. The SMILES string of the molecule is O=[N+]([O-])c1cccc(C=CC=Cc2ccc(S(=O)(=O)F)cc2Cl)c1. The normalized spacial score (nSPS) is 12.1. The van der Waals surface area contributed by atoms with Crippen LogP contribution in [0.2, 0.25) is 5.02 Å². The number of hydrogen-bond acceptors (Lipinski definition) is 4. The molecule has 0 unspecified atom stereocenters. The summed E-state index contributed by atoms with van der Waals surface area (Å²) < 4.78 is 34.4. The zero-order valence-corrected chi connectivity index (χ0v) is 13.7. The first-order chi connectivity index (χ1) is 11.3. The van der Waals surface area contributed by atoms with Crippen molar-refractivity contribution in [3.05, 3.63) is 80.9 Å². The molecule has 0 amide bonds. The number of nitro groups is 1. The van der Waals surface area contributed by atoms with Crippen molar-refractivity contribution in [1.82, 2.24) is 0 Å². The van der Waals surface area contributed by atoms with Crippen molar-refractivity contribution in [2.24, 2.45) is 0 Å². The van der Waals surface area contributed by atoms with E-state index in [1.54, 1.807) is 36.4 Å². The number of nitrogens with zero attached hydrogens (tertiary/aromatic N) is 1. The number of hydrogen-bond donors (Lipinski definition) is 0. The summed E-state index contributed by atoms with van der Waals surface area (Å²) in [6.45, 7) is 0. The van der Waals surface area contributed by atoms with E-state index in [0.717, 1.165) is 12.1 Å². The van der Waals surface area contributed by atoms with Gasteiger partial charge in [0.05, 0.1) is 9.82 Å². The van der Waals surface area contributed by atoms with E-state index < -0.39 is 20.0 Å². The van der Waals surface area contributed by atoms with Gasteiger partial charge in [0.1, 0.15) is 0 Å². The molecule has 2 aromatic carbocycles. The van der Waals surface area contributed by atoms with Crippen LogP contribution in [0.3, 0.4) is 0 Å². The van der Waals surface area contributed by atoms with Crippen LogP contribution in [-0.2, 0) is 10.2 Å². The third kappa shape index (κ3) is 4.74. The molecule has 0 N–H and O–H groups in total. The highest BCUT2D eigenvalue weighted by Gasteiger charge is 2.12. The Labute approximate surface area is 143 Å². The van der Waals surface area contributed by atoms with Crippen LogP contribution in [-0.4, -0.2) is 13.3 Å². The highest BCUT2D eigenvalue weighted by atomic mass is 35.5. The lowest BCUT2D eigenvalue weighted by Gasteiger charge is -2.00. The zero-order chi connectivity index (χ0) is 17.7. The topological polar surface area (TPSA) is 77.3 Å². The molecular formula is C16H11ClFNO4S. The Morgan fingerprint density at radius 3 is 2.42 bits per heavy atom. The molecule has 124 valence electrons. The largest absolute Gasteiger partial charge is 0.332 e. The minimum atomic E-state index is -4.79. The van der Waals surface area contributed by atoms with Gasteiger partial charge in [-0.05, 0) is 23.3 Å². The molecule has 0 saturated carbocycles. The van der Waals surface area contributed by atoms with Crippen molar-refractivity contribution >= 4 is 39.7 Å². The Morgan fingerprint density at radius 1 is 1.08 bits per heavy atom. The Kier molecular flexibility index (Phi) is 5.48. The molecule has 2 aromatic rings. The molecule has 0 radical (unpaired) electrons. The molecule has 2 rings (SSSR count). The Hall–Kier alpha value is -2.51. The highest BCUT2D eigenvalue weighted by molar-refractivity contribution is 7.86. The van der Waals surface area contributed by atoms with Crippen LogP contribution in [0.25, 0.3) is 12.2 Å². The van der Waals surface area contributed by atoms with E-state index in [4.69, 9.17) is 11.6 Å². The maximum absolute atomic E-state index is 12.9. The van der Waals surface area contributed by atoms with Crippen molar-refractivity contribution in [2.75, 3.05) is 0 Å². The predicted molar refractivity (Wildman–Crippen MR) is 90.9 cm³/mol. The van der Waals surface area contributed by atoms with Gasteiger partial charge >= 0.3 is 10.2 Å². The van der Waals surface area contributed by atoms with Crippen LogP contribution in [0.4, 0.5) is 9.57 Å². The number of allylic oxidation sites excluding steroid dienone is 2. The summed E-state index contributed by atoms with van der Waals surface area (Å²) in [5.41, 5.74) is 1.15. The van der Waals surface area contributed by atoms with Crippen LogP contribution in [0.5, 0.6) is 0 Å². The lowest BCUT2D eigenvalue weighted by molar-refractivity contribution is -0.384. The fraction of sp³-hybridized carbons (Fsp3) is 0. The molecule has 0 bridgehead atoms. The molecule has 24 heavy (non-hydrogen) atoms. The summed E-state index contributed by atoms with van der Waals surface area (Å²) >= 11 is 5.91. The standard InChI is InChI=1S/C16H11ClFNO4S/c17-16-11-15(24(18,22)23)9-8-13(16)6-2-1-4-12-5-3-7-14(10-12)19(20)21/h1-11H. The van der Waals surface area contributed by atoms with E-state index in [-0.39, 0.29) is 10.7 Å². The summed E-state index contributed by atoms with van der Waals surface area (Å²) in [5, 5.41) is 10.8. The van der Waals surface area contributed by atoms with Crippen LogP contribution in [0.1, 0.15) is 11.1 Å². The first kappa shape index (κ1) is 17.8. The van der Waals surface area contributed by atoms with E-state index in [0.29, 0.717) is 11.1 Å². The number of nitro benzene ring substituents is 1. The van der Waals surface area contributed by atoms with Crippen molar-refractivity contribution in [3.8, 4) is 0 Å². The molecule has 0 saturated heterocycles. The smallest absolute Gasteiger partial charge is 0.258 e. The van der Waals surface area contributed by atoms with Gasteiger partial charge in [0.2, 0.25) is 0 Å². The molecule has 0 aliphatic heterocycles. The molecular weight excluding hydrogens is 357 g/mol. The molecule has 0 atom stereocenters.